The molecule has 0 aliphatic carbocycles. The molecule has 0 radical (unpaired) electrons. The SMILES string of the molecule is CC(C)[C@H](NC(=O)[C@@H]1COCCN1C)c1nc(C(=O)N2CCCC2)co1. The summed E-state index contributed by atoms with van der Waals surface area (Å²) in [4.78, 5) is 33.3. The van der Waals surface area contributed by atoms with E-state index in [-0.39, 0.29) is 23.8 Å². The van der Waals surface area contributed by atoms with Crippen LogP contribution in [0.15, 0.2) is 10.7 Å². The monoisotopic (exact) mass is 364 g/mol. The van der Waals surface area contributed by atoms with Crippen molar-refractivity contribution >= 4 is 11.8 Å². The number of likely N-dealkylation sites (N-methyl/N-ethyl adjacent to an activating group) is 1. The molecule has 144 valence electrons. The molecule has 0 unspecified atom stereocenters. The summed E-state index contributed by atoms with van der Waals surface area (Å²) in [6.45, 7) is 7.22. The van der Waals surface area contributed by atoms with Gasteiger partial charge in [-0.3, -0.25) is 14.5 Å². The minimum Gasteiger partial charge on any atom is -0.446 e. The van der Waals surface area contributed by atoms with Crippen LogP contribution in [0.4, 0.5) is 0 Å². The lowest BCUT2D eigenvalue weighted by molar-refractivity contribution is -0.132. The number of morpholine rings is 1. The second-order valence-corrected chi connectivity index (χ2v) is 7.37. The van der Waals surface area contributed by atoms with Gasteiger partial charge in [0.2, 0.25) is 11.8 Å². The largest absolute Gasteiger partial charge is 0.446 e. The van der Waals surface area contributed by atoms with Gasteiger partial charge >= 0.3 is 0 Å². The summed E-state index contributed by atoms with van der Waals surface area (Å²) in [5.74, 6) is 0.223. The first-order chi connectivity index (χ1) is 12.5. The van der Waals surface area contributed by atoms with Gasteiger partial charge in [0.05, 0.1) is 13.2 Å². The summed E-state index contributed by atoms with van der Waals surface area (Å²) < 4.78 is 11.0. The third-order valence-corrected chi connectivity index (χ3v) is 5.06. The van der Waals surface area contributed by atoms with Crippen molar-refractivity contribution < 1.29 is 18.7 Å². The third-order valence-electron chi connectivity index (χ3n) is 5.06. The molecule has 3 rings (SSSR count). The fourth-order valence-electron chi connectivity index (χ4n) is 3.34. The molecule has 2 saturated heterocycles. The van der Waals surface area contributed by atoms with Gasteiger partial charge in [-0.1, -0.05) is 13.8 Å². The summed E-state index contributed by atoms with van der Waals surface area (Å²) in [5, 5.41) is 3.01. The summed E-state index contributed by atoms with van der Waals surface area (Å²) in [6, 6.07) is -0.719. The first-order valence-electron chi connectivity index (χ1n) is 9.30. The van der Waals surface area contributed by atoms with Gasteiger partial charge in [0.15, 0.2) is 5.69 Å². The van der Waals surface area contributed by atoms with Crippen LogP contribution in [0.3, 0.4) is 0 Å². The van der Waals surface area contributed by atoms with Crippen LogP contribution in [0.2, 0.25) is 0 Å². The van der Waals surface area contributed by atoms with Crippen molar-refractivity contribution in [2.24, 2.45) is 5.92 Å². The summed E-state index contributed by atoms with van der Waals surface area (Å²) in [5.41, 5.74) is 0.305. The number of carbonyl (C=O) groups is 2. The van der Waals surface area contributed by atoms with E-state index in [2.05, 4.69) is 10.3 Å². The van der Waals surface area contributed by atoms with E-state index in [0.29, 0.717) is 24.8 Å². The Morgan fingerprint density at radius 3 is 2.65 bits per heavy atom. The van der Waals surface area contributed by atoms with E-state index < -0.39 is 6.04 Å². The van der Waals surface area contributed by atoms with Gasteiger partial charge < -0.3 is 19.4 Å². The molecule has 0 spiro atoms. The second kappa shape index (κ2) is 8.18. The number of oxazole rings is 1. The van der Waals surface area contributed by atoms with Crippen LogP contribution in [-0.4, -0.2) is 72.5 Å². The van der Waals surface area contributed by atoms with Crippen LogP contribution >= 0.6 is 0 Å². The maximum absolute atomic E-state index is 12.7. The fourth-order valence-corrected chi connectivity index (χ4v) is 3.34. The quantitative estimate of drug-likeness (QED) is 0.840. The second-order valence-electron chi connectivity index (χ2n) is 7.37. The number of nitrogens with one attached hydrogen (secondary N) is 1. The van der Waals surface area contributed by atoms with E-state index in [1.165, 1.54) is 6.26 Å². The highest BCUT2D eigenvalue weighted by molar-refractivity contribution is 5.92. The number of ether oxygens (including phenoxy) is 1. The lowest BCUT2D eigenvalue weighted by atomic mass is 10.0. The topological polar surface area (TPSA) is 87.9 Å². The van der Waals surface area contributed by atoms with Crippen molar-refractivity contribution in [1.29, 1.82) is 0 Å². The molecule has 0 bridgehead atoms. The fraction of sp³-hybridized carbons (Fsp3) is 0.722. The molecule has 8 nitrogen and oxygen atoms in total. The first-order valence-corrected chi connectivity index (χ1v) is 9.30. The van der Waals surface area contributed by atoms with Crippen LogP contribution < -0.4 is 5.32 Å². The minimum absolute atomic E-state index is 0.0714. The lowest BCUT2D eigenvalue weighted by Crippen LogP contribution is -2.53. The highest BCUT2D eigenvalue weighted by atomic mass is 16.5. The van der Waals surface area contributed by atoms with Gasteiger partial charge in [-0.15, -0.1) is 0 Å². The van der Waals surface area contributed by atoms with E-state index >= 15 is 0 Å². The minimum atomic E-state index is -0.391. The number of likely N-dealkylation sites (tertiary alicyclic amines) is 1. The molecule has 2 fully saturated rings. The smallest absolute Gasteiger partial charge is 0.275 e. The number of rotatable bonds is 5. The highest BCUT2D eigenvalue weighted by Crippen LogP contribution is 2.23. The van der Waals surface area contributed by atoms with Crippen molar-refractivity contribution in [1.82, 2.24) is 20.1 Å². The molecule has 1 aromatic rings. The molecular weight excluding hydrogens is 336 g/mol. The summed E-state index contributed by atoms with van der Waals surface area (Å²) in [7, 11) is 1.91. The van der Waals surface area contributed by atoms with Crippen molar-refractivity contribution in [3.05, 3.63) is 17.8 Å². The Morgan fingerprint density at radius 2 is 2.00 bits per heavy atom. The van der Waals surface area contributed by atoms with Crippen molar-refractivity contribution in [3.8, 4) is 0 Å². The molecule has 2 aliphatic rings. The first kappa shape index (κ1) is 18.8. The van der Waals surface area contributed by atoms with Gasteiger partial charge in [0, 0.05) is 19.6 Å². The molecule has 3 heterocycles. The van der Waals surface area contributed by atoms with Crippen molar-refractivity contribution in [2.45, 2.75) is 38.8 Å². The Labute approximate surface area is 153 Å². The molecule has 1 N–H and O–H groups in total. The molecule has 26 heavy (non-hydrogen) atoms. The Morgan fingerprint density at radius 1 is 1.27 bits per heavy atom. The molecule has 2 amide bonds. The Hall–Kier alpha value is -1.93. The van der Waals surface area contributed by atoms with Gasteiger partial charge in [0.1, 0.15) is 18.3 Å². The van der Waals surface area contributed by atoms with E-state index in [4.69, 9.17) is 9.15 Å². The highest BCUT2D eigenvalue weighted by Gasteiger charge is 2.32. The molecule has 0 aromatic carbocycles. The van der Waals surface area contributed by atoms with Crippen molar-refractivity contribution in [2.75, 3.05) is 39.9 Å². The molecule has 2 aliphatic heterocycles. The van der Waals surface area contributed by atoms with Gasteiger partial charge in [-0.25, -0.2) is 4.98 Å². The van der Waals surface area contributed by atoms with Crippen LogP contribution in [0.1, 0.15) is 49.1 Å². The van der Waals surface area contributed by atoms with E-state index in [0.717, 1.165) is 32.5 Å². The molecule has 8 heteroatoms. The lowest BCUT2D eigenvalue weighted by Gasteiger charge is -2.32. The van der Waals surface area contributed by atoms with Gasteiger partial charge in [-0.05, 0) is 25.8 Å². The van der Waals surface area contributed by atoms with E-state index in [1.54, 1.807) is 4.90 Å². The zero-order chi connectivity index (χ0) is 18.7. The Bertz CT molecular complexity index is 639. The Balaban J connectivity index is 1.69. The maximum atomic E-state index is 12.7. The number of amides is 2. The number of hydrogen-bond acceptors (Lipinski definition) is 6. The van der Waals surface area contributed by atoms with Crippen LogP contribution in [0.25, 0.3) is 0 Å². The zero-order valence-electron chi connectivity index (χ0n) is 15.7. The average Bonchev–Trinajstić information content (AvgIpc) is 3.31. The summed E-state index contributed by atoms with van der Waals surface area (Å²) >= 11 is 0. The molecule has 0 saturated carbocycles. The zero-order valence-corrected chi connectivity index (χ0v) is 15.7. The summed E-state index contributed by atoms with van der Waals surface area (Å²) in [6.07, 6.45) is 3.45. The van der Waals surface area contributed by atoms with Gasteiger partial charge in [-0.2, -0.15) is 0 Å². The number of aromatic nitrogens is 1. The number of hydrogen-bond donors (Lipinski definition) is 1. The molecular formula is C18H28N4O4. The van der Waals surface area contributed by atoms with Crippen LogP contribution in [0, 0.1) is 5.92 Å². The normalized spacial score (nSPS) is 22.6. The number of nitrogens with zero attached hydrogens (tertiary/aromatic N) is 3. The van der Waals surface area contributed by atoms with E-state index in [1.807, 2.05) is 25.8 Å². The average molecular weight is 364 g/mol. The standard InChI is InChI=1S/C18H28N4O4/c1-12(2)15(20-16(23)14-11-25-9-8-21(14)3)17-19-13(10-26-17)18(24)22-6-4-5-7-22/h10,12,14-15H,4-9,11H2,1-3H3,(H,20,23)/t14-,15-/m0/s1. The third kappa shape index (κ3) is 4.07. The van der Waals surface area contributed by atoms with Crippen LogP contribution in [-0.2, 0) is 9.53 Å². The predicted octanol–water partition coefficient (Wildman–Crippen LogP) is 1.05. The molecule has 1 aromatic heterocycles. The maximum Gasteiger partial charge on any atom is 0.275 e. The molecule has 2 atom stereocenters. The van der Waals surface area contributed by atoms with Gasteiger partial charge in [0.25, 0.3) is 5.91 Å². The van der Waals surface area contributed by atoms with E-state index in [9.17, 15) is 9.59 Å². The van der Waals surface area contributed by atoms with Crippen molar-refractivity contribution in [3.63, 3.8) is 0 Å². The van der Waals surface area contributed by atoms with Crippen LogP contribution in [0.5, 0.6) is 0 Å². The predicted molar refractivity (Wildman–Crippen MR) is 94.6 cm³/mol. The number of carbonyl (C=O) groups excluding carboxylic acids is 2. The Kier molecular flexibility index (Phi) is 5.93.